The van der Waals surface area contributed by atoms with E-state index in [0.717, 1.165) is 19.1 Å². The number of hydrogen-bond acceptors (Lipinski definition) is 2. The maximum Gasteiger partial charge on any atom is 0.0587 e. The average Bonchev–Trinajstić information content (AvgIpc) is 2.69. The molecule has 1 N–H and O–H groups in total. The highest BCUT2D eigenvalue weighted by Gasteiger charge is 2.26. The largest absolute Gasteiger partial charge is 0.383 e. The van der Waals surface area contributed by atoms with Gasteiger partial charge in [-0.25, -0.2) is 0 Å². The van der Waals surface area contributed by atoms with Crippen molar-refractivity contribution >= 4 is 0 Å². The van der Waals surface area contributed by atoms with Crippen LogP contribution in [0.2, 0.25) is 0 Å². The SMILES string of the molecule is COCCNC(C)C1CC1. The standard InChI is InChI=1S/C8H17NO/c1-7(8-3-4-8)9-5-6-10-2/h7-9H,3-6H2,1-2H3. The van der Waals surface area contributed by atoms with Gasteiger partial charge in [-0.05, 0) is 25.7 Å². The fourth-order valence-electron chi connectivity index (χ4n) is 1.15. The van der Waals surface area contributed by atoms with Gasteiger partial charge in [0.05, 0.1) is 6.61 Å². The molecule has 0 aromatic carbocycles. The van der Waals surface area contributed by atoms with Gasteiger partial charge in [-0.2, -0.15) is 0 Å². The summed E-state index contributed by atoms with van der Waals surface area (Å²) in [5.41, 5.74) is 0. The van der Waals surface area contributed by atoms with Gasteiger partial charge in [-0.1, -0.05) is 0 Å². The van der Waals surface area contributed by atoms with E-state index in [2.05, 4.69) is 12.2 Å². The Kier molecular flexibility index (Phi) is 3.16. The van der Waals surface area contributed by atoms with E-state index in [1.807, 2.05) is 0 Å². The molecule has 1 fully saturated rings. The third-order valence-corrected chi connectivity index (χ3v) is 2.10. The van der Waals surface area contributed by atoms with Crippen LogP contribution in [-0.2, 0) is 4.74 Å². The van der Waals surface area contributed by atoms with Crippen LogP contribution in [0.1, 0.15) is 19.8 Å². The number of ether oxygens (including phenoxy) is 1. The summed E-state index contributed by atoms with van der Waals surface area (Å²) in [5.74, 6) is 0.955. The van der Waals surface area contributed by atoms with Gasteiger partial charge >= 0.3 is 0 Å². The van der Waals surface area contributed by atoms with Gasteiger partial charge in [0.15, 0.2) is 0 Å². The molecule has 60 valence electrons. The van der Waals surface area contributed by atoms with Gasteiger partial charge < -0.3 is 10.1 Å². The molecule has 1 rings (SSSR count). The summed E-state index contributed by atoms with van der Waals surface area (Å²) in [4.78, 5) is 0. The second kappa shape index (κ2) is 3.94. The molecule has 0 aliphatic heterocycles. The topological polar surface area (TPSA) is 21.3 Å². The lowest BCUT2D eigenvalue weighted by Gasteiger charge is -2.11. The van der Waals surface area contributed by atoms with Crippen molar-refractivity contribution < 1.29 is 4.74 Å². The van der Waals surface area contributed by atoms with E-state index < -0.39 is 0 Å². The van der Waals surface area contributed by atoms with Crippen molar-refractivity contribution in [1.82, 2.24) is 5.32 Å². The summed E-state index contributed by atoms with van der Waals surface area (Å²) in [6.07, 6.45) is 2.84. The number of rotatable bonds is 5. The van der Waals surface area contributed by atoms with E-state index in [0.29, 0.717) is 6.04 Å². The Morgan fingerprint density at radius 2 is 2.30 bits per heavy atom. The first-order chi connectivity index (χ1) is 4.84. The monoisotopic (exact) mass is 143 g/mol. The van der Waals surface area contributed by atoms with Crippen LogP contribution in [0.15, 0.2) is 0 Å². The molecule has 2 nitrogen and oxygen atoms in total. The van der Waals surface area contributed by atoms with Gasteiger partial charge in [0.25, 0.3) is 0 Å². The van der Waals surface area contributed by atoms with Crippen molar-refractivity contribution in [1.29, 1.82) is 0 Å². The molecule has 0 heterocycles. The van der Waals surface area contributed by atoms with Gasteiger partial charge in [0.1, 0.15) is 0 Å². The van der Waals surface area contributed by atoms with Crippen molar-refractivity contribution in [2.24, 2.45) is 5.92 Å². The second-order valence-electron chi connectivity index (χ2n) is 3.07. The van der Waals surface area contributed by atoms with Crippen LogP contribution in [0.25, 0.3) is 0 Å². The van der Waals surface area contributed by atoms with Crippen molar-refractivity contribution in [3.63, 3.8) is 0 Å². The molecule has 1 unspecified atom stereocenters. The Morgan fingerprint density at radius 1 is 1.60 bits per heavy atom. The van der Waals surface area contributed by atoms with Crippen molar-refractivity contribution in [3.8, 4) is 0 Å². The van der Waals surface area contributed by atoms with Crippen molar-refractivity contribution in [2.45, 2.75) is 25.8 Å². The van der Waals surface area contributed by atoms with E-state index in [-0.39, 0.29) is 0 Å². The molecular weight excluding hydrogens is 126 g/mol. The lowest BCUT2D eigenvalue weighted by molar-refractivity contribution is 0.195. The van der Waals surface area contributed by atoms with Gasteiger partial charge in [0, 0.05) is 19.7 Å². The predicted octanol–water partition coefficient (Wildman–Crippen LogP) is 1.02. The lowest BCUT2D eigenvalue weighted by atomic mass is 10.2. The Hall–Kier alpha value is -0.0800. The van der Waals surface area contributed by atoms with Crippen molar-refractivity contribution in [2.75, 3.05) is 20.3 Å². The first-order valence-corrected chi connectivity index (χ1v) is 4.07. The van der Waals surface area contributed by atoms with E-state index in [4.69, 9.17) is 4.74 Å². The summed E-state index contributed by atoms with van der Waals surface area (Å²) in [7, 11) is 1.74. The Morgan fingerprint density at radius 3 is 2.80 bits per heavy atom. The third kappa shape index (κ3) is 2.67. The highest BCUT2D eigenvalue weighted by atomic mass is 16.5. The van der Waals surface area contributed by atoms with E-state index in [1.165, 1.54) is 12.8 Å². The smallest absolute Gasteiger partial charge is 0.0587 e. The first kappa shape index (κ1) is 8.02. The summed E-state index contributed by atoms with van der Waals surface area (Å²) in [6.45, 7) is 4.08. The molecule has 0 bridgehead atoms. The zero-order valence-electron chi connectivity index (χ0n) is 6.89. The highest BCUT2D eigenvalue weighted by Crippen LogP contribution is 2.32. The molecule has 1 aliphatic carbocycles. The third-order valence-electron chi connectivity index (χ3n) is 2.10. The summed E-state index contributed by atoms with van der Waals surface area (Å²) in [5, 5.41) is 3.42. The molecular formula is C8H17NO. The Labute approximate surface area is 63.0 Å². The van der Waals surface area contributed by atoms with E-state index in [9.17, 15) is 0 Å². The molecule has 1 atom stereocenters. The van der Waals surface area contributed by atoms with Crippen molar-refractivity contribution in [3.05, 3.63) is 0 Å². The van der Waals surface area contributed by atoms with E-state index in [1.54, 1.807) is 7.11 Å². The zero-order valence-corrected chi connectivity index (χ0v) is 6.89. The van der Waals surface area contributed by atoms with Crippen LogP contribution in [0.3, 0.4) is 0 Å². The van der Waals surface area contributed by atoms with Crippen LogP contribution in [-0.4, -0.2) is 26.3 Å². The minimum absolute atomic E-state index is 0.704. The number of hydrogen-bond donors (Lipinski definition) is 1. The van der Waals surface area contributed by atoms with Crippen LogP contribution >= 0.6 is 0 Å². The predicted molar refractivity (Wildman–Crippen MR) is 42.1 cm³/mol. The maximum absolute atomic E-state index is 4.93. The fourth-order valence-corrected chi connectivity index (χ4v) is 1.15. The second-order valence-corrected chi connectivity index (χ2v) is 3.07. The Balaban J connectivity index is 1.90. The van der Waals surface area contributed by atoms with Crippen LogP contribution in [0.5, 0.6) is 0 Å². The minimum Gasteiger partial charge on any atom is -0.383 e. The van der Waals surface area contributed by atoms with E-state index >= 15 is 0 Å². The lowest BCUT2D eigenvalue weighted by Crippen LogP contribution is -2.30. The first-order valence-electron chi connectivity index (χ1n) is 4.07. The molecule has 2 heteroatoms. The summed E-state index contributed by atoms with van der Waals surface area (Å²) in [6, 6.07) is 0.704. The molecule has 0 radical (unpaired) electrons. The highest BCUT2D eigenvalue weighted by molar-refractivity contribution is 4.82. The number of nitrogens with one attached hydrogen (secondary N) is 1. The van der Waals surface area contributed by atoms with Gasteiger partial charge in [-0.3, -0.25) is 0 Å². The molecule has 0 saturated heterocycles. The molecule has 0 aromatic rings. The Bertz CT molecular complexity index is 91.3. The van der Waals surface area contributed by atoms with Crippen LogP contribution in [0, 0.1) is 5.92 Å². The average molecular weight is 143 g/mol. The minimum atomic E-state index is 0.704. The van der Waals surface area contributed by atoms with Gasteiger partial charge in [0.2, 0.25) is 0 Å². The zero-order chi connectivity index (χ0) is 7.40. The quantitative estimate of drug-likeness (QED) is 0.580. The van der Waals surface area contributed by atoms with Gasteiger partial charge in [-0.15, -0.1) is 0 Å². The molecule has 1 saturated carbocycles. The summed E-state index contributed by atoms with van der Waals surface area (Å²) >= 11 is 0. The number of methoxy groups -OCH3 is 1. The van der Waals surface area contributed by atoms with Crippen LogP contribution in [0.4, 0.5) is 0 Å². The molecule has 0 spiro atoms. The molecule has 1 aliphatic rings. The maximum atomic E-state index is 4.93. The van der Waals surface area contributed by atoms with Crippen LogP contribution < -0.4 is 5.32 Å². The molecule has 10 heavy (non-hydrogen) atoms. The summed E-state index contributed by atoms with van der Waals surface area (Å²) < 4.78 is 4.93. The fraction of sp³-hybridized carbons (Fsp3) is 1.00. The molecule has 0 amide bonds. The normalized spacial score (nSPS) is 21.0. The molecule has 0 aromatic heterocycles.